The first-order valence-electron chi connectivity index (χ1n) is 9.00. The van der Waals surface area contributed by atoms with E-state index in [4.69, 9.17) is 16.3 Å². The van der Waals surface area contributed by atoms with Crippen LogP contribution in [-0.2, 0) is 0 Å². The summed E-state index contributed by atoms with van der Waals surface area (Å²) in [6.07, 6.45) is 6.39. The number of carbonyl (C=O) groups is 1. The largest absolute Gasteiger partial charge is 0.495 e. The van der Waals surface area contributed by atoms with Crippen LogP contribution < -0.4 is 15.0 Å². The van der Waals surface area contributed by atoms with Gasteiger partial charge in [-0.25, -0.2) is 4.98 Å². The number of methoxy groups -OCH3 is 1. The van der Waals surface area contributed by atoms with E-state index in [-0.39, 0.29) is 5.91 Å². The molecule has 3 rings (SSSR count). The number of amides is 1. The Morgan fingerprint density at radius 2 is 2.19 bits per heavy atom. The van der Waals surface area contributed by atoms with Crippen LogP contribution in [0.15, 0.2) is 36.5 Å². The van der Waals surface area contributed by atoms with Gasteiger partial charge in [0.25, 0.3) is 5.91 Å². The highest BCUT2D eigenvalue weighted by molar-refractivity contribution is 6.32. The highest BCUT2D eigenvalue weighted by atomic mass is 35.5. The molecule has 1 atom stereocenters. The van der Waals surface area contributed by atoms with E-state index in [1.54, 1.807) is 37.6 Å². The lowest BCUT2D eigenvalue weighted by molar-refractivity contribution is 0.102. The summed E-state index contributed by atoms with van der Waals surface area (Å²) in [5, 5.41) is 3.34. The first-order valence-corrected chi connectivity index (χ1v) is 9.37. The fourth-order valence-electron chi connectivity index (χ4n) is 3.39. The Bertz CT molecular complexity index is 781. The number of aromatic nitrogens is 1. The summed E-state index contributed by atoms with van der Waals surface area (Å²) in [7, 11) is 1.56. The zero-order valence-corrected chi connectivity index (χ0v) is 15.9. The first-order chi connectivity index (χ1) is 12.6. The molecule has 0 aliphatic carbocycles. The zero-order valence-electron chi connectivity index (χ0n) is 15.2. The Kier molecular flexibility index (Phi) is 5.99. The topological polar surface area (TPSA) is 54.5 Å². The molecule has 0 bridgehead atoms. The molecule has 1 saturated heterocycles. The van der Waals surface area contributed by atoms with Crippen LogP contribution in [0.25, 0.3) is 0 Å². The summed E-state index contributed by atoms with van der Waals surface area (Å²) in [6.45, 7) is 3.19. The second kappa shape index (κ2) is 8.41. The number of halogens is 1. The minimum absolute atomic E-state index is 0.181. The number of benzene rings is 1. The van der Waals surface area contributed by atoms with Gasteiger partial charge < -0.3 is 15.0 Å². The summed E-state index contributed by atoms with van der Waals surface area (Å²) in [4.78, 5) is 19.5. The van der Waals surface area contributed by atoms with Crippen LogP contribution in [-0.4, -0.2) is 30.6 Å². The highest BCUT2D eigenvalue weighted by Gasteiger charge is 2.22. The Morgan fingerprint density at radius 3 is 2.92 bits per heavy atom. The second-order valence-electron chi connectivity index (χ2n) is 6.46. The third-order valence-corrected chi connectivity index (χ3v) is 5.11. The number of piperidine rings is 1. The number of rotatable bonds is 5. The van der Waals surface area contributed by atoms with Gasteiger partial charge in [0.15, 0.2) is 0 Å². The van der Waals surface area contributed by atoms with Crippen molar-refractivity contribution in [3.63, 3.8) is 0 Å². The highest BCUT2D eigenvalue weighted by Crippen LogP contribution is 2.28. The molecule has 0 radical (unpaired) electrons. The number of hydrogen-bond acceptors (Lipinski definition) is 4. The monoisotopic (exact) mass is 373 g/mol. The minimum Gasteiger partial charge on any atom is -0.495 e. The van der Waals surface area contributed by atoms with Gasteiger partial charge in [-0.3, -0.25) is 4.79 Å². The van der Waals surface area contributed by atoms with Crippen molar-refractivity contribution in [3.05, 3.63) is 47.1 Å². The predicted octanol–water partition coefficient (Wildman–Crippen LogP) is 4.76. The number of pyridine rings is 1. The summed E-state index contributed by atoms with van der Waals surface area (Å²) < 4.78 is 5.13. The molecule has 0 saturated carbocycles. The number of carbonyl (C=O) groups excluding carboxylic acids is 1. The van der Waals surface area contributed by atoms with E-state index >= 15 is 0 Å². The van der Waals surface area contributed by atoms with Gasteiger partial charge in [0.05, 0.1) is 12.1 Å². The summed E-state index contributed by atoms with van der Waals surface area (Å²) in [5.74, 6) is 1.27. The van der Waals surface area contributed by atoms with Crippen molar-refractivity contribution in [1.29, 1.82) is 0 Å². The van der Waals surface area contributed by atoms with Crippen molar-refractivity contribution in [2.24, 2.45) is 0 Å². The van der Waals surface area contributed by atoms with Gasteiger partial charge in [-0.1, -0.05) is 18.5 Å². The molecule has 2 aromatic rings. The number of nitrogens with one attached hydrogen (secondary N) is 1. The smallest absolute Gasteiger partial charge is 0.255 e. The third-order valence-electron chi connectivity index (χ3n) is 4.81. The van der Waals surface area contributed by atoms with E-state index < -0.39 is 0 Å². The molecule has 1 aromatic heterocycles. The molecule has 1 aromatic carbocycles. The maximum absolute atomic E-state index is 12.6. The molecule has 138 valence electrons. The summed E-state index contributed by atoms with van der Waals surface area (Å²) in [6, 6.07) is 9.27. The lowest BCUT2D eigenvalue weighted by Gasteiger charge is -2.36. The van der Waals surface area contributed by atoms with Crippen LogP contribution in [0.4, 0.5) is 11.5 Å². The van der Waals surface area contributed by atoms with Crippen molar-refractivity contribution >= 4 is 29.0 Å². The SMILES string of the molecule is CCC1CCCCN1c1cc(C(=O)Nc2ccc(OC)c(Cl)c2)ccn1. The van der Waals surface area contributed by atoms with Crippen molar-refractivity contribution < 1.29 is 9.53 Å². The van der Waals surface area contributed by atoms with Crippen LogP contribution >= 0.6 is 11.6 Å². The van der Waals surface area contributed by atoms with E-state index in [1.165, 1.54) is 19.3 Å². The van der Waals surface area contributed by atoms with Crippen LogP contribution in [0.3, 0.4) is 0 Å². The molecule has 5 nitrogen and oxygen atoms in total. The Morgan fingerprint density at radius 1 is 1.35 bits per heavy atom. The van der Waals surface area contributed by atoms with Gasteiger partial charge in [-0.2, -0.15) is 0 Å². The average Bonchev–Trinajstić information content (AvgIpc) is 2.68. The summed E-state index contributed by atoms with van der Waals surface area (Å²) in [5.41, 5.74) is 1.21. The van der Waals surface area contributed by atoms with E-state index in [0.29, 0.717) is 28.1 Å². The quantitative estimate of drug-likeness (QED) is 0.820. The van der Waals surface area contributed by atoms with E-state index in [2.05, 4.69) is 22.1 Å². The average molecular weight is 374 g/mol. The molecule has 6 heteroatoms. The second-order valence-corrected chi connectivity index (χ2v) is 6.86. The van der Waals surface area contributed by atoms with Crippen molar-refractivity contribution in [2.75, 3.05) is 23.9 Å². The van der Waals surface area contributed by atoms with Gasteiger partial charge >= 0.3 is 0 Å². The third kappa shape index (κ3) is 4.10. The molecule has 0 spiro atoms. The Labute approximate surface area is 159 Å². The maximum Gasteiger partial charge on any atom is 0.255 e. The minimum atomic E-state index is -0.181. The lowest BCUT2D eigenvalue weighted by atomic mass is 10.00. The molecular formula is C20H24ClN3O2. The lowest BCUT2D eigenvalue weighted by Crippen LogP contribution is -2.39. The molecular weight excluding hydrogens is 350 g/mol. The number of nitrogens with zero attached hydrogens (tertiary/aromatic N) is 2. The fraction of sp³-hybridized carbons (Fsp3) is 0.400. The predicted molar refractivity (Wildman–Crippen MR) is 105 cm³/mol. The van der Waals surface area contributed by atoms with Crippen molar-refractivity contribution in [3.8, 4) is 5.75 Å². The van der Waals surface area contributed by atoms with Gasteiger partial charge in [0.2, 0.25) is 0 Å². The van der Waals surface area contributed by atoms with Crippen LogP contribution in [0.1, 0.15) is 43.0 Å². The Hall–Kier alpha value is -2.27. The molecule has 26 heavy (non-hydrogen) atoms. The molecule has 1 amide bonds. The fourth-order valence-corrected chi connectivity index (χ4v) is 3.65. The Balaban J connectivity index is 1.77. The van der Waals surface area contributed by atoms with E-state index in [9.17, 15) is 4.79 Å². The number of anilines is 2. The van der Waals surface area contributed by atoms with E-state index in [0.717, 1.165) is 18.8 Å². The van der Waals surface area contributed by atoms with E-state index in [1.807, 2.05) is 6.07 Å². The molecule has 1 aliphatic heterocycles. The standard InChI is InChI=1S/C20H24ClN3O2/c1-3-16-6-4-5-11-24(16)19-12-14(9-10-22-19)20(25)23-15-7-8-18(26-2)17(21)13-15/h7-10,12-13,16H,3-6,11H2,1-2H3,(H,23,25). The number of hydrogen-bond donors (Lipinski definition) is 1. The molecule has 1 unspecified atom stereocenters. The van der Waals surface area contributed by atoms with Crippen LogP contribution in [0.2, 0.25) is 5.02 Å². The molecule has 1 N–H and O–H groups in total. The van der Waals surface area contributed by atoms with Gasteiger partial charge in [-0.15, -0.1) is 0 Å². The van der Waals surface area contributed by atoms with Crippen LogP contribution in [0, 0.1) is 0 Å². The van der Waals surface area contributed by atoms with Crippen LogP contribution in [0.5, 0.6) is 5.75 Å². The molecule has 2 heterocycles. The van der Waals surface area contributed by atoms with Crippen molar-refractivity contribution in [2.45, 2.75) is 38.6 Å². The van der Waals surface area contributed by atoms with Gasteiger partial charge in [0, 0.05) is 30.0 Å². The summed E-state index contributed by atoms with van der Waals surface area (Å²) >= 11 is 6.12. The number of ether oxygens (including phenoxy) is 1. The van der Waals surface area contributed by atoms with Crippen molar-refractivity contribution in [1.82, 2.24) is 4.98 Å². The maximum atomic E-state index is 12.6. The molecule has 1 fully saturated rings. The normalized spacial score (nSPS) is 17.0. The molecule has 1 aliphatic rings. The van der Waals surface area contributed by atoms with Gasteiger partial charge in [-0.05, 0) is 56.0 Å². The van der Waals surface area contributed by atoms with Gasteiger partial charge in [0.1, 0.15) is 11.6 Å². The zero-order chi connectivity index (χ0) is 18.5. The first kappa shape index (κ1) is 18.5.